The van der Waals surface area contributed by atoms with E-state index in [1.54, 1.807) is 0 Å². The van der Waals surface area contributed by atoms with Gasteiger partial charge >= 0.3 is 0 Å². The first-order valence-corrected chi connectivity index (χ1v) is 3.00. The van der Waals surface area contributed by atoms with E-state index in [0.29, 0.717) is 12.8 Å². The van der Waals surface area contributed by atoms with Gasteiger partial charge in [0.1, 0.15) is 12.6 Å². The maximum atomic E-state index is 9.98. The molecule has 0 saturated heterocycles. The molecule has 0 aromatic carbocycles. The Morgan fingerprint density at radius 2 is 1.44 bits per heavy atom. The molecule has 0 aliphatic heterocycles. The predicted molar refractivity (Wildman–Crippen MR) is 35.1 cm³/mol. The number of aldehydes is 2. The van der Waals surface area contributed by atoms with Gasteiger partial charge in [0.2, 0.25) is 0 Å². The van der Waals surface area contributed by atoms with Crippen LogP contribution in [-0.2, 0) is 9.59 Å². The topological polar surface area (TPSA) is 34.1 Å². The summed E-state index contributed by atoms with van der Waals surface area (Å²) in [5.41, 5.74) is -0.135. The monoisotopic (exact) mass is 128 g/mol. The lowest BCUT2D eigenvalue weighted by atomic mass is 9.87. The summed E-state index contributed by atoms with van der Waals surface area (Å²) in [5.74, 6) is 0. The van der Waals surface area contributed by atoms with Crippen LogP contribution in [0.2, 0.25) is 0 Å². The third-order valence-electron chi connectivity index (χ3n) is 1.27. The molecule has 2 nitrogen and oxygen atoms in total. The number of carbonyl (C=O) groups is 2. The standard InChI is InChI=1S/C7H12O2/c1-7(2,3-5-8)4-6-9/h5-6H,3-4H2,1-2H3. The minimum atomic E-state index is -0.135. The van der Waals surface area contributed by atoms with Gasteiger partial charge in [0, 0.05) is 12.8 Å². The Hall–Kier alpha value is -0.660. The molecule has 52 valence electrons. The van der Waals surface area contributed by atoms with Crippen molar-refractivity contribution >= 4 is 12.6 Å². The molecule has 0 N–H and O–H groups in total. The van der Waals surface area contributed by atoms with Crippen molar-refractivity contribution in [2.75, 3.05) is 0 Å². The zero-order valence-electron chi connectivity index (χ0n) is 5.89. The molecule has 2 heteroatoms. The first-order valence-electron chi connectivity index (χ1n) is 3.00. The van der Waals surface area contributed by atoms with Gasteiger partial charge in [0.15, 0.2) is 0 Å². The highest BCUT2D eigenvalue weighted by Crippen LogP contribution is 2.21. The van der Waals surface area contributed by atoms with Crippen LogP contribution >= 0.6 is 0 Å². The van der Waals surface area contributed by atoms with E-state index in [1.165, 1.54) is 0 Å². The van der Waals surface area contributed by atoms with E-state index >= 15 is 0 Å². The van der Waals surface area contributed by atoms with E-state index in [-0.39, 0.29) is 5.41 Å². The number of rotatable bonds is 4. The quantitative estimate of drug-likeness (QED) is 0.533. The lowest BCUT2D eigenvalue weighted by Crippen LogP contribution is -2.11. The van der Waals surface area contributed by atoms with Crippen molar-refractivity contribution < 1.29 is 9.59 Å². The summed E-state index contributed by atoms with van der Waals surface area (Å²) in [6, 6.07) is 0. The fraction of sp³-hybridized carbons (Fsp3) is 0.714. The molecule has 0 atom stereocenters. The van der Waals surface area contributed by atoms with Gasteiger partial charge in [-0.15, -0.1) is 0 Å². The highest BCUT2D eigenvalue weighted by Gasteiger charge is 2.15. The molecule has 0 aromatic rings. The molecule has 0 radical (unpaired) electrons. The first-order chi connectivity index (χ1) is 4.12. The van der Waals surface area contributed by atoms with E-state index in [0.717, 1.165) is 12.6 Å². The molecule has 0 aliphatic carbocycles. The highest BCUT2D eigenvalue weighted by molar-refractivity contribution is 5.55. The van der Waals surface area contributed by atoms with Crippen LogP contribution in [0.5, 0.6) is 0 Å². The molecule has 0 spiro atoms. The molecular weight excluding hydrogens is 116 g/mol. The molecule has 0 fully saturated rings. The maximum absolute atomic E-state index is 9.98. The van der Waals surface area contributed by atoms with Gasteiger partial charge in [-0.05, 0) is 5.41 Å². The Balaban J connectivity index is 3.68. The molecule has 0 bridgehead atoms. The fourth-order valence-corrected chi connectivity index (χ4v) is 0.535. The minimum absolute atomic E-state index is 0.135. The van der Waals surface area contributed by atoms with E-state index in [4.69, 9.17) is 0 Å². The second-order valence-electron chi connectivity index (χ2n) is 2.91. The van der Waals surface area contributed by atoms with Gasteiger partial charge in [-0.25, -0.2) is 0 Å². The smallest absolute Gasteiger partial charge is 0.120 e. The highest BCUT2D eigenvalue weighted by atomic mass is 16.1. The Kier molecular flexibility index (Phi) is 3.13. The van der Waals surface area contributed by atoms with Crippen LogP contribution in [0.4, 0.5) is 0 Å². The van der Waals surface area contributed by atoms with Crippen LogP contribution in [0.25, 0.3) is 0 Å². The summed E-state index contributed by atoms with van der Waals surface area (Å²) >= 11 is 0. The zero-order valence-corrected chi connectivity index (χ0v) is 5.89. The number of carbonyl (C=O) groups excluding carboxylic acids is 2. The first kappa shape index (κ1) is 8.34. The third-order valence-corrected chi connectivity index (χ3v) is 1.27. The van der Waals surface area contributed by atoms with E-state index in [2.05, 4.69) is 0 Å². The average Bonchev–Trinajstić information content (AvgIpc) is 1.64. The Bertz CT molecular complexity index is 93.5. The lowest BCUT2D eigenvalue weighted by molar-refractivity contribution is -0.111. The van der Waals surface area contributed by atoms with E-state index in [9.17, 15) is 9.59 Å². The fourth-order valence-electron chi connectivity index (χ4n) is 0.535. The molecule has 0 saturated carbocycles. The third kappa shape index (κ3) is 3.88. The van der Waals surface area contributed by atoms with Crippen LogP contribution in [0.1, 0.15) is 26.7 Å². The second kappa shape index (κ2) is 3.38. The predicted octanol–water partition coefficient (Wildman–Crippen LogP) is 1.19. The van der Waals surface area contributed by atoms with Gasteiger partial charge in [-0.3, -0.25) is 0 Å². The van der Waals surface area contributed by atoms with E-state index in [1.807, 2.05) is 13.8 Å². The summed E-state index contributed by atoms with van der Waals surface area (Å²) < 4.78 is 0. The maximum Gasteiger partial charge on any atom is 0.120 e. The molecule has 0 aromatic heterocycles. The molecule has 9 heavy (non-hydrogen) atoms. The lowest BCUT2D eigenvalue weighted by Gasteiger charge is -2.16. The normalized spacial score (nSPS) is 10.9. The minimum Gasteiger partial charge on any atom is -0.303 e. The van der Waals surface area contributed by atoms with Gasteiger partial charge in [-0.1, -0.05) is 13.8 Å². The van der Waals surface area contributed by atoms with Crippen molar-refractivity contribution in [2.24, 2.45) is 5.41 Å². The Labute approximate surface area is 55.3 Å². The number of hydrogen-bond acceptors (Lipinski definition) is 2. The summed E-state index contributed by atoms with van der Waals surface area (Å²) in [7, 11) is 0. The molecule has 0 aliphatic rings. The largest absolute Gasteiger partial charge is 0.303 e. The second-order valence-corrected chi connectivity index (χ2v) is 2.91. The molecule has 0 heterocycles. The SMILES string of the molecule is CC(C)(CC=O)CC=O. The summed E-state index contributed by atoms with van der Waals surface area (Å²) in [4.78, 5) is 20.0. The van der Waals surface area contributed by atoms with Crippen molar-refractivity contribution in [1.82, 2.24) is 0 Å². The van der Waals surface area contributed by atoms with E-state index < -0.39 is 0 Å². The molecule has 0 unspecified atom stereocenters. The van der Waals surface area contributed by atoms with Crippen LogP contribution < -0.4 is 0 Å². The van der Waals surface area contributed by atoms with Crippen molar-refractivity contribution in [3.63, 3.8) is 0 Å². The van der Waals surface area contributed by atoms with Crippen molar-refractivity contribution in [3.8, 4) is 0 Å². The van der Waals surface area contributed by atoms with Crippen LogP contribution in [0.3, 0.4) is 0 Å². The molecule has 0 rings (SSSR count). The van der Waals surface area contributed by atoms with Crippen molar-refractivity contribution in [3.05, 3.63) is 0 Å². The molecular formula is C7H12O2. The van der Waals surface area contributed by atoms with Crippen molar-refractivity contribution in [1.29, 1.82) is 0 Å². The van der Waals surface area contributed by atoms with Crippen LogP contribution in [-0.4, -0.2) is 12.6 Å². The van der Waals surface area contributed by atoms with Crippen LogP contribution in [0, 0.1) is 5.41 Å². The van der Waals surface area contributed by atoms with Gasteiger partial charge < -0.3 is 9.59 Å². The average molecular weight is 128 g/mol. The Morgan fingerprint density at radius 3 is 1.67 bits per heavy atom. The number of hydrogen-bond donors (Lipinski definition) is 0. The zero-order chi connectivity index (χ0) is 7.33. The van der Waals surface area contributed by atoms with Gasteiger partial charge in [-0.2, -0.15) is 0 Å². The molecule has 0 amide bonds. The van der Waals surface area contributed by atoms with Crippen LogP contribution in [0.15, 0.2) is 0 Å². The van der Waals surface area contributed by atoms with Gasteiger partial charge in [0.05, 0.1) is 0 Å². The van der Waals surface area contributed by atoms with Crippen molar-refractivity contribution in [2.45, 2.75) is 26.7 Å². The van der Waals surface area contributed by atoms with Gasteiger partial charge in [0.25, 0.3) is 0 Å². The summed E-state index contributed by atoms with van der Waals surface area (Å²) in [6.45, 7) is 3.80. The summed E-state index contributed by atoms with van der Waals surface area (Å²) in [5, 5.41) is 0. The Morgan fingerprint density at radius 1 is 1.11 bits per heavy atom. The summed E-state index contributed by atoms with van der Waals surface area (Å²) in [6.07, 6.45) is 2.63.